The molecule has 0 spiro atoms. The van der Waals surface area contributed by atoms with Crippen molar-refractivity contribution in [3.05, 3.63) is 65.2 Å². The van der Waals surface area contributed by atoms with Crippen LogP contribution in [0.3, 0.4) is 0 Å². The summed E-state index contributed by atoms with van der Waals surface area (Å²) in [7, 11) is 2.41. The zero-order valence-corrected chi connectivity index (χ0v) is 18.0. The highest BCUT2D eigenvalue weighted by atomic mass is 16.5. The Balaban J connectivity index is 1.64. The molecule has 168 valence electrons. The molecule has 3 rings (SSSR count). The van der Waals surface area contributed by atoms with Crippen LogP contribution in [0.5, 0.6) is 0 Å². The summed E-state index contributed by atoms with van der Waals surface area (Å²) in [6.07, 6.45) is 0. The summed E-state index contributed by atoms with van der Waals surface area (Å²) in [5.74, 6) is -2.95. The fraction of sp³-hybridized carbons (Fsp3) is 0.304. The third kappa shape index (κ3) is 5.50. The largest absolute Gasteiger partial charge is 0.465 e. The van der Waals surface area contributed by atoms with Gasteiger partial charge < -0.3 is 19.7 Å². The monoisotopic (exact) mass is 439 g/mol. The number of carbonyl (C=O) groups is 4. The quantitative estimate of drug-likeness (QED) is 0.557. The second kappa shape index (κ2) is 10.5. The second-order valence-corrected chi connectivity index (χ2v) is 7.25. The Hall–Kier alpha value is -3.72. The maximum atomic E-state index is 12.7. The van der Waals surface area contributed by atoms with Crippen molar-refractivity contribution in [2.45, 2.75) is 6.54 Å². The van der Waals surface area contributed by atoms with E-state index in [-0.39, 0.29) is 16.8 Å². The summed E-state index contributed by atoms with van der Waals surface area (Å²) < 4.78 is 9.39. The van der Waals surface area contributed by atoms with Crippen molar-refractivity contribution in [2.75, 3.05) is 45.7 Å². The number of nitrogens with one attached hydrogen (secondary N) is 1. The molecule has 1 N–H and O–H groups in total. The second-order valence-electron chi connectivity index (χ2n) is 7.25. The molecular formula is C23H25N3O6. The van der Waals surface area contributed by atoms with Gasteiger partial charge in [-0.2, -0.15) is 0 Å². The van der Waals surface area contributed by atoms with Crippen LogP contribution in [-0.4, -0.2) is 74.0 Å². The van der Waals surface area contributed by atoms with E-state index >= 15 is 0 Å². The molecule has 0 aliphatic carbocycles. The zero-order valence-electron chi connectivity index (χ0n) is 18.0. The van der Waals surface area contributed by atoms with Crippen molar-refractivity contribution in [3.63, 3.8) is 0 Å². The molecule has 0 bridgehead atoms. The lowest BCUT2D eigenvalue weighted by atomic mass is 10.1. The van der Waals surface area contributed by atoms with Gasteiger partial charge in [-0.05, 0) is 23.8 Å². The van der Waals surface area contributed by atoms with Crippen molar-refractivity contribution in [1.29, 1.82) is 0 Å². The Kier molecular flexibility index (Phi) is 7.56. The zero-order chi connectivity index (χ0) is 23.1. The Labute approximate surface area is 185 Å². The van der Waals surface area contributed by atoms with Gasteiger partial charge in [0.15, 0.2) is 0 Å². The molecule has 2 aromatic rings. The van der Waals surface area contributed by atoms with Crippen molar-refractivity contribution in [3.8, 4) is 0 Å². The predicted molar refractivity (Wildman–Crippen MR) is 116 cm³/mol. The third-order valence-electron chi connectivity index (χ3n) is 5.20. The molecular weight excluding hydrogens is 414 g/mol. The fourth-order valence-corrected chi connectivity index (χ4v) is 3.45. The van der Waals surface area contributed by atoms with E-state index in [0.29, 0.717) is 26.2 Å². The highest BCUT2D eigenvalue weighted by Gasteiger charge is 2.27. The van der Waals surface area contributed by atoms with Gasteiger partial charge in [0.1, 0.15) is 0 Å². The molecule has 1 aliphatic heterocycles. The first-order chi connectivity index (χ1) is 15.4. The molecule has 0 atom stereocenters. The van der Waals surface area contributed by atoms with Crippen LogP contribution in [0.1, 0.15) is 26.3 Å². The van der Waals surface area contributed by atoms with Crippen LogP contribution in [0.25, 0.3) is 0 Å². The number of rotatable bonds is 5. The van der Waals surface area contributed by atoms with E-state index in [1.54, 1.807) is 0 Å². The number of benzene rings is 2. The van der Waals surface area contributed by atoms with E-state index in [1.165, 1.54) is 42.9 Å². The van der Waals surface area contributed by atoms with Crippen molar-refractivity contribution in [2.24, 2.45) is 0 Å². The number of esters is 2. The molecule has 0 aromatic heterocycles. The van der Waals surface area contributed by atoms with Gasteiger partial charge in [-0.15, -0.1) is 0 Å². The van der Waals surface area contributed by atoms with Gasteiger partial charge in [0, 0.05) is 32.7 Å². The minimum atomic E-state index is -0.895. The van der Waals surface area contributed by atoms with Crippen LogP contribution in [0.2, 0.25) is 0 Å². The average Bonchev–Trinajstić information content (AvgIpc) is 2.83. The summed E-state index contributed by atoms with van der Waals surface area (Å²) in [5.41, 5.74) is 1.33. The maximum Gasteiger partial charge on any atom is 0.339 e. The first kappa shape index (κ1) is 23.0. The van der Waals surface area contributed by atoms with Gasteiger partial charge in [0.05, 0.1) is 31.0 Å². The lowest BCUT2D eigenvalue weighted by Gasteiger charge is -2.34. The van der Waals surface area contributed by atoms with Gasteiger partial charge >= 0.3 is 23.8 Å². The Morgan fingerprint density at radius 3 is 2.16 bits per heavy atom. The van der Waals surface area contributed by atoms with Crippen molar-refractivity contribution >= 4 is 29.4 Å². The van der Waals surface area contributed by atoms with Gasteiger partial charge in [-0.3, -0.25) is 14.5 Å². The van der Waals surface area contributed by atoms with Gasteiger partial charge in [-0.1, -0.05) is 30.3 Å². The topological polar surface area (TPSA) is 105 Å². The lowest BCUT2D eigenvalue weighted by Crippen LogP contribution is -2.51. The van der Waals surface area contributed by atoms with Gasteiger partial charge in [0.2, 0.25) is 0 Å². The van der Waals surface area contributed by atoms with Crippen LogP contribution in [-0.2, 0) is 25.6 Å². The number of amides is 2. The van der Waals surface area contributed by atoms with Crippen LogP contribution in [0.15, 0.2) is 48.5 Å². The average molecular weight is 439 g/mol. The molecule has 9 nitrogen and oxygen atoms in total. The molecule has 1 aliphatic rings. The highest BCUT2D eigenvalue weighted by molar-refractivity contribution is 6.40. The molecule has 1 heterocycles. The molecule has 9 heteroatoms. The fourth-order valence-electron chi connectivity index (χ4n) is 3.45. The molecule has 1 fully saturated rings. The van der Waals surface area contributed by atoms with Gasteiger partial charge in [0.25, 0.3) is 0 Å². The van der Waals surface area contributed by atoms with Crippen LogP contribution < -0.4 is 5.32 Å². The van der Waals surface area contributed by atoms with Crippen LogP contribution in [0, 0.1) is 0 Å². The van der Waals surface area contributed by atoms with Crippen molar-refractivity contribution < 1.29 is 28.7 Å². The third-order valence-corrected chi connectivity index (χ3v) is 5.20. The summed E-state index contributed by atoms with van der Waals surface area (Å²) in [6, 6.07) is 14.0. The first-order valence-corrected chi connectivity index (χ1v) is 10.1. The van der Waals surface area contributed by atoms with E-state index in [2.05, 4.69) is 15.0 Å². The standard InChI is InChI=1S/C23H25N3O6/c1-31-22(29)17-8-9-18(23(30)32-2)19(14-17)24-20(27)21(28)26-12-10-25(11-13-26)15-16-6-4-3-5-7-16/h3-9,14H,10-13,15H2,1-2H3,(H,24,27). The minimum absolute atomic E-state index is 0.000753. The Morgan fingerprint density at radius 1 is 0.875 bits per heavy atom. The molecule has 2 amide bonds. The van der Waals surface area contributed by atoms with E-state index < -0.39 is 23.8 Å². The number of nitrogens with zero attached hydrogens (tertiary/aromatic N) is 2. The normalized spacial score (nSPS) is 13.9. The molecule has 0 radical (unpaired) electrons. The molecule has 0 saturated carbocycles. The molecule has 0 unspecified atom stereocenters. The lowest BCUT2D eigenvalue weighted by molar-refractivity contribution is -0.144. The highest BCUT2D eigenvalue weighted by Crippen LogP contribution is 2.20. The minimum Gasteiger partial charge on any atom is -0.465 e. The van der Waals surface area contributed by atoms with E-state index in [9.17, 15) is 19.2 Å². The predicted octanol–water partition coefficient (Wildman–Crippen LogP) is 1.54. The van der Waals surface area contributed by atoms with E-state index in [0.717, 1.165) is 6.54 Å². The molecule has 32 heavy (non-hydrogen) atoms. The Bertz CT molecular complexity index is 1000. The first-order valence-electron chi connectivity index (χ1n) is 10.1. The van der Waals surface area contributed by atoms with E-state index in [1.807, 2.05) is 30.3 Å². The smallest absolute Gasteiger partial charge is 0.339 e. The molecule has 1 saturated heterocycles. The number of methoxy groups -OCH3 is 2. The summed E-state index contributed by atoms with van der Waals surface area (Å²) in [4.78, 5) is 52.8. The van der Waals surface area contributed by atoms with Gasteiger partial charge in [-0.25, -0.2) is 9.59 Å². The SMILES string of the molecule is COC(=O)c1ccc(C(=O)OC)c(NC(=O)C(=O)N2CCN(Cc3ccccc3)CC2)c1. The van der Waals surface area contributed by atoms with Crippen molar-refractivity contribution in [1.82, 2.24) is 9.80 Å². The number of piperazine rings is 1. The molecule has 2 aromatic carbocycles. The van der Waals surface area contributed by atoms with E-state index in [4.69, 9.17) is 4.74 Å². The maximum absolute atomic E-state index is 12.7. The number of hydrogen-bond donors (Lipinski definition) is 1. The summed E-state index contributed by atoms with van der Waals surface area (Å²) in [5, 5.41) is 2.44. The summed E-state index contributed by atoms with van der Waals surface area (Å²) in [6.45, 7) is 2.87. The number of carbonyl (C=O) groups excluding carboxylic acids is 4. The summed E-state index contributed by atoms with van der Waals surface area (Å²) >= 11 is 0. The number of ether oxygens (including phenoxy) is 2. The Morgan fingerprint density at radius 2 is 1.53 bits per heavy atom. The number of anilines is 1. The van der Waals surface area contributed by atoms with Crippen LogP contribution in [0.4, 0.5) is 5.69 Å². The number of hydrogen-bond acceptors (Lipinski definition) is 7. The van der Waals surface area contributed by atoms with Crippen LogP contribution >= 0.6 is 0 Å².